The van der Waals surface area contributed by atoms with Crippen molar-refractivity contribution in [1.82, 2.24) is 10.3 Å². The van der Waals surface area contributed by atoms with Crippen molar-refractivity contribution in [2.75, 3.05) is 25.5 Å². The van der Waals surface area contributed by atoms with Crippen molar-refractivity contribution >= 4 is 11.6 Å². The van der Waals surface area contributed by atoms with E-state index in [-0.39, 0.29) is 11.8 Å². The number of hydrogen-bond acceptors (Lipinski definition) is 4. The highest BCUT2D eigenvalue weighted by atomic mass is 19.4. The van der Waals surface area contributed by atoms with Crippen LogP contribution < -0.4 is 15.4 Å². The molecule has 0 aliphatic carbocycles. The molecule has 5 nitrogen and oxygen atoms in total. The van der Waals surface area contributed by atoms with E-state index in [2.05, 4.69) is 20.4 Å². The van der Waals surface area contributed by atoms with Crippen LogP contribution in [-0.4, -0.2) is 37.3 Å². The minimum Gasteiger partial charge on any atom is -0.468 e. The van der Waals surface area contributed by atoms with Gasteiger partial charge >= 0.3 is 6.18 Å². The minimum absolute atomic E-state index is 0.143. The van der Waals surface area contributed by atoms with Gasteiger partial charge in [0.25, 0.3) is 0 Å². The molecule has 0 aromatic carbocycles. The van der Waals surface area contributed by atoms with Crippen LogP contribution in [0.1, 0.15) is 12.8 Å². The van der Waals surface area contributed by atoms with Gasteiger partial charge in [-0.3, -0.25) is 4.79 Å². The Balaban J connectivity index is 2.40. The third kappa shape index (κ3) is 6.93. The number of carbonyl (C=O) groups is 1. The number of ether oxygens (including phenoxy) is 1. The van der Waals surface area contributed by atoms with Crippen LogP contribution in [0.15, 0.2) is 18.3 Å². The SMILES string of the molecule is CNCCCC(=O)Nc1ccc(OCC(F)(F)F)nc1. The van der Waals surface area contributed by atoms with E-state index in [0.29, 0.717) is 18.5 Å². The van der Waals surface area contributed by atoms with Crippen LogP contribution >= 0.6 is 0 Å². The summed E-state index contributed by atoms with van der Waals surface area (Å²) >= 11 is 0. The van der Waals surface area contributed by atoms with Gasteiger partial charge in [-0.25, -0.2) is 4.98 Å². The van der Waals surface area contributed by atoms with E-state index in [1.807, 2.05) is 0 Å². The number of anilines is 1. The number of halogens is 3. The van der Waals surface area contributed by atoms with Crippen LogP contribution in [0.3, 0.4) is 0 Å². The second kappa shape index (κ2) is 7.68. The fraction of sp³-hybridized carbons (Fsp3) is 0.500. The molecule has 0 aliphatic heterocycles. The minimum atomic E-state index is -4.40. The van der Waals surface area contributed by atoms with E-state index in [4.69, 9.17) is 0 Å². The molecule has 0 fully saturated rings. The smallest absolute Gasteiger partial charge is 0.422 e. The molecule has 112 valence electrons. The van der Waals surface area contributed by atoms with E-state index in [9.17, 15) is 18.0 Å². The molecular weight excluding hydrogens is 275 g/mol. The summed E-state index contributed by atoms with van der Waals surface area (Å²) in [4.78, 5) is 15.2. The summed E-state index contributed by atoms with van der Waals surface area (Å²) in [5.41, 5.74) is 0.416. The molecule has 2 N–H and O–H groups in total. The largest absolute Gasteiger partial charge is 0.468 e. The fourth-order valence-corrected chi connectivity index (χ4v) is 1.34. The van der Waals surface area contributed by atoms with Gasteiger partial charge in [0.05, 0.1) is 11.9 Å². The van der Waals surface area contributed by atoms with Crippen LogP contribution in [0.5, 0.6) is 5.88 Å². The Labute approximate surface area is 114 Å². The van der Waals surface area contributed by atoms with Gasteiger partial charge in [-0.2, -0.15) is 13.2 Å². The lowest BCUT2D eigenvalue weighted by atomic mass is 10.3. The quantitative estimate of drug-likeness (QED) is 0.754. The molecule has 0 radical (unpaired) electrons. The maximum Gasteiger partial charge on any atom is 0.422 e. The molecule has 0 bridgehead atoms. The van der Waals surface area contributed by atoms with Crippen LogP contribution in [-0.2, 0) is 4.79 Å². The highest BCUT2D eigenvalue weighted by Crippen LogP contribution is 2.18. The Morgan fingerprint density at radius 2 is 2.15 bits per heavy atom. The third-order valence-electron chi connectivity index (χ3n) is 2.23. The van der Waals surface area contributed by atoms with Crippen LogP contribution in [0.4, 0.5) is 18.9 Å². The Morgan fingerprint density at radius 1 is 1.40 bits per heavy atom. The van der Waals surface area contributed by atoms with Gasteiger partial charge in [-0.15, -0.1) is 0 Å². The Morgan fingerprint density at radius 3 is 2.70 bits per heavy atom. The summed E-state index contributed by atoms with van der Waals surface area (Å²) < 4.78 is 40.2. The summed E-state index contributed by atoms with van der Waals surface area (Å²) in [7, 11) is 1.79. The van der Waals surface area contributed by atoms with Gasteiger partial charge in [0, 0.05) is 12.5 Å². The Bertz CT molecular complexity index is 421. The van der Waals surface area contributed by atoms with Gasteiger partial charge in [0.1, 0.15) is 0 Å². The maximum absolute atomic E-state index is 11.9. The number of carbonyl (C=O) groups excluding carboxylic acids is 1. The second-order valence-corrected chi connectivity index (χ2v) is 4.04. The zero-order valence-corrected chi connectivity index (χ0v) is 11.0. The normalized spacial score (nSPS) is 11.2. The van der Waals surface area contributed by atoms with E-state index in [0.717, 1.165) is 6.54 Å². The highest BCUT2D eigenvalue weighted by Gasteiger charge is 2.28. The fourth-order valence-electron chi connectivity index (χ4n) is 1.34. The number of alkyl halides is 3. The third-order valence-corrected chi connectivity index (χ3v) is 2.23. The molecule has 0 aliphatic rings. The van der Waals surface area contributed by atoms with E-state index >= 15 is 0 Å². The highest BCUT2D eigenvalue weighted by molar-refractivity contribution is 5.90. The number of hydrogen-bond donors (Lipinski definition) is 2. The van der Waals surface area contributed by atoms with Crippen LogP contribution in [0, 0.1) is 0 Å². The van der Waals surface area contributed by atoms with Gasteiger partial charge < -0.3 is 15.4 Å². The molecule has 1 aromatic rings. The van der Waals surface area contributed by atoms with Gasteiger partial charge in [-0.05, 0) is 26.1 Å². The van der Waals surface area contributed by atoms with E-state index < -0.39 is 12.8 Å². The molecule has 1 rings (SSSR count). The predicted molar refractivity (Wildman–Crippen MR) is 67.6 cm³/mol. The van der Waals surface area contributed by atoms with Crippen molar-refractivity contribution in [3.63, 3.8) is 0 Å². The predicted octanol–water partition coefficient (Wildman–Crippen LogP) is 1.96. The van der Waals surface area contributed by atoms with Crippen molar-refractivity contribution in [1.29, 1.82) is 0 Å². The van der Waals surface area contributed by atoms with Crippen molar-refractivity contribution in [3.8, 4) is 5.88 Å². The zero-order chi connectivity index (χ0) is 15.0. The van der Waals surface area contributed by atoms with Gasteiger partial charge in [0.2, 0.25) is 11.8 Å². The first kappa shape index (κ1) is 16.2. The number of amides is 1. The number of nitrogens with one attached hydrogen (secondary N) is 2. The molecule has 0 unspecified atom stereocenters. The van der Waals surface area contributed by atoms with Crippen molar-refractivity contribution < 1.29 is 22.7 Å². The molecular formula is C12H16F3N3O2. The Kier molecular flexibility index (Phi) is 6.23. The molecule has 0 saturated heterocycles. The van der Waals surface area contributed by atoms with Crippen molar-refractivity contribution in [3.05, 3.63) is 18.3 Å². The first-order valence-corrected chi connectivity index (χ1v) is 6.01. The number of rotatable bonds is 7. The number of aromatic nitrogens is 1. The lowest BCUT2D eigenvalue weighted by Gasteiger charge is -2.09. The van der Waals surface area contributed by atoms with Crippen molar-refractivity contribution in [2.24, 2.45) is 0 Å². The van der Waals surface area contributed by atoms with Crippen molar-refractivity contribution in [2.45, 2.75) is 19.0 Å². The summed E-state index contributed by atoms with van der Waals surface area (Å²) in [5.74, 6) is -0.318. The molecule has 8 heteroatoms. The standard InChI is InChI=1S/C12H16F3N3O2/c1-16-6-2-3-10(19)18-9-4-5-11(17-7-9)20-8-12(13,14)15/h4-5,7,16H,2-3,6,8H2,1H3,(H,18,19). The average molecular weight is 291 g/mol. The summed E-state index contributed by atoms with van der Waals surface area (Å²) in [5, 5.41) is 5.51. The molecule has 0 atom stereocenters. The first-order valence-electron chi connectivity index (χ1n) is 6.01. The summed E-state index contributed by atoms with van der Waals surface area (Å²) in [6.07, 6.45) is -2.10. The lowest BCUT2D eigenvalue weighted by Crippen LogP contribution is -2.19. The van der Waals surface area contributed by atoms with Crippen LogP contribution in [0.2, 0.25) is 0 Å². The second-order valence-electron chi connectivity index (χ2n) is 4.04. The average Bonchev–Trinajstić information content (AvgIpc) is 2.37. The lowest BCUT2D eigenvalue weighted by molar-refractivity contribution is -0.154. The molecule has 0 spiro atoms. The van der Waals surface area contributed by atoms with Gasteiger partial charge in [0.15, 0.2) is 6.61 Å². The van der Waals surface area contributed by atoms with E-state index in [1.54, 1.807) is 7.05 Å². The molecule has 0 saturated carbocycles. The molecule has 20 heavy (non-hydrogen) atoms. The van der Waals surface area contributed by atoms with E-state index in [1.165, 1.54) is 18.3 Å². The monoisotopic (exact) mass is 291 g/mol. The molecule has 1 amide bonds. The summed E-state index contributed by atoms with van der Waals surface area (Å²) in [6, 6.07) is 2.71. The topological polar surface area (TPSA) is 63.2 Å². The summed E-state index contributed by atoms with van der Waals surface area (Å²) in [6.45, 7) is -0.661. The first-order chi connectivity index (χ1) is 9.40. The Hall–Kier alpha value is -1.83. The number of nitrogens with zero attached hydrogens (tertiary/aromatic N) is 1. The number of pyridine rings is 1. The van der Waals surface area contributed by atoms with Crippen LogP contribution in [0.25, 0.3) is 0 Å². The molecule has 1 aromatic heterocycles. The molecule has 1 heterocycles. The maximum atomic E-state index is 11.9. The zero-order valence-electron chi connectivity index (χ0n) is 11.0. The van der Waals surface area contributed by atoms with Gasteiger partial charge in [-0.1, -0.05) is 0 Å².